The van der Waals surface area contributed by atoms with E-state index in [9.17, 15) is 4.79 Å². The summed E-state index contributed by atoms with van der Waals surface area (Å²) in [6.45, 7) is 1.85. The third kappa shape index (κ3) is 3.18. The van der Waals surface area contributed by atoms with Gasteiger partial charge in [-0.05, 0) is 18.6 Å². The second-order valence-electron chi connectivity index (χ2n) is 3.27. The highest BCUT2D eigenvalue weighted by Gasteiger charge is 2.11. The van der Waals surface area contributed by atoms with Crippen molar-refractivity contribution in [2.45, 2.75) is 13.3 Å². The van der Waals surface area contributed by atoms with Gasteiger partial charge in [-0.25, -0.2) is 0 Å². The average molecular weight is 193 g/mol. The Bertz CT molecular complexity index is 285. The fraction of sp³-hybridized carbons (Fsp3) is 0.364. The van der Waals surface area contributed by atoms with Gasteiger partial charge < -0.3 is 10.4 Å². The zero-order valence-electron chi connectivity index (χ0n) is 8.23. The number of amides is 1. The normalized spacial score (nSPS) is 12.1. The Labute approximate surface area is 83.8 Å². The van der Waals surface area contributed by atoms with Gasteiger partial charge in [0.15, 0.2) is 0 Å². The molecule has 3 heteroatoms. The van der Waals surface area contributed by atoms with Crippen LogP contribution in [-0.2, 0) is 4.79 Å². The molecule has 1 aromatic carbocycles. The summed E-state index contributed by atoms with van der Waals surface area (Å²) in [6.07, 6.45) is 0.499. The van der Waals surface area contributed by atoms with E-state index in [2.05, 4.69) is 5.32 Å². The summed E-state index contributed by atoms with van der Waals surface area (Å²) in [7, 11) is 0. The maximum atomic E-state index is 11.5. The molecule has 0 fully saturated rings. The SMILES string of the molecule is CC(CCO)C(=O)Nc1ccccc1. The molecule has 1 unspecified atom stereocenters. The first-order valence-electron chi connectivity index (χ1n) is 4.71. The van der Waals surface area contributed by atoms with Gasteiger partial charge in [-0.3, -0.25) is 4.79 Å². The number of benzene rings is 1. The molecular formula is C11H15NO2. The second-order valence-corrected chi connectivity index (χ2v) is 3.27. The molecule has 0 aliphatic heterocycles. The molecule has 76 valence electrons. The molecule has 0 radical (unpaired) electrons. The van der Waals surface area contributed by atoms with Crippen LogP contribution in [0.3, 0.4) is 0 Å². The molecule has 3 nitrogen and oxygen atoms in total. The molecule has 0 heterocycles. The van der Waals surface area contributed by atoms with Crippen LogP contribution in [0.5, 0.6) is 0 Å². The van der Waals surface area contributed by atoms with Gasteiger partial charge in [-0.1, -0.05) is 25.1 Å². The van der Waals surface area contributed by atoms with Gasteiger partial charge in [-0.2, -0.15) is 0 Å². The molecule has 2 N–H and O–H groups in total. The number of rotatable bonds is 4. The quantitative estimate of drug-likeness (QED) is 0.763. The van der Waals surface area contributed by atoms with Crippen LogP contribution in [0.4, 0.5) is 5.69 Å². The lowest BCUT2D eigenvalue weighted by Crippen LogP contribution is -2.21. The largest absolute Gasteiger partial charge is 0.396 e. The van der Waals surface area contributed by atoms with Crippen molar-refractivity contribution in [3.8, 4) is 0 Å². The van der Waals surface area contributed by atoms with Crippen LogP contribution in [-0.4, -0.2) is 17.6 Å². The molecular weight excluding hydrogens is 178 g/mol. The van der Waals surface area contributed by atoms with E-state index >= 15 is 0 Å². The highest BCUT2D eigenvalue weighted by molar-refractivity contribution is 5.92. The number of aliphatic hydroxyl groups excluding tert-OH is 1. The lowest BCUT2D eigenvalue weighted by molar-refractivity contribution is -0.119. The molecule has 0 spiro atoms. The average Bonchev–Trinajstić information content (AvgIpc) is 2.19. The number of carbonyl (C=O) groups is 1. The third-order valence-corrected chi connectivity index (χ3v) is 2.05. The van der Waals surface area contributed by atoms with Crippen LogP contribution in [0, 0.1) is 5.92 Å². The third-order valence-electron chi connectivity index (χ3n) is 2.05. The summed E-state index contributed by atoms with van der Waals surface area (Å²) in [4.78, 5) is 11.5. The molecule has 1 amide bonds. The summed E-state index contributed by atoms with van der Waals surface area (Å²) in [5, 5.41) is 11.4. The number of anilines is 1. The molecule has 1 rings (SSSR count). The predicted octanol–water partition coefficient (Wildman–Crippen LogP) is 1.64. The first-order valence-corrected chi connectivity index (χ1v) is 4.71. The highest BCUT2D eigenvalue weighted by atomic mass is 16.3. The van der Waals surface area contributed by atoms with E-state index < -0.39 is 0 Å². The van der Waals surface area contributed by atoms with Crippen molar-refractivity contribution < 1.29 is 9.90 Å². The minimum absolute atomic E-state index is 0.0450. The summed E-state index contributed by atoms with van der Waals surface area (Å²) in [5.41, 5.74) is 0.794. The zero-order valence-corrected chi connectivity index (χ0v) is 8.23. The Morgan fingerprint density at radius 3 is 2.64 bits per heavy atom. The maximum Gasteiger partial charge on any atom is 0.227 e. The first kappa shape index (κ1) is 10.7. The van der Waals surface area contributed by atoms with Crippen LogP contribution >= 0.6 is 0 Å². The Hall–Kier alpha value is -1.35. The Morgan fingerprint density at radius 2 is 2.07 bits per heavy atom. The van der Waals surface area contributed by atoms with Crippen LogP contribution in [0.15, 0.2) is 30.3 Å². The Morgan fingerprint density at radius 1 is 1.43 bits per heavy atom. The topological polar surface area (TPSA) is 49.3 Å². The Balaban J connectivity index is 2.49. The van der Waals surface area contributed by atoms with E-state index in [1.165, 1.54) is 0 Å². The summed E-state index contributed by atoms with van der Waals surface area (Å²) < 4.78 is 0. The number of hydrogen-bond donors (Lipinski definition) is 2. The number of carbonyl (C=O) groups excluding carboxylic acids is 1. The number of aliphatic hydroxyl groups is 1. The van der Waals surface area contributed by atoms with Crippen LogP contribution in [0.2, 0.25) is 0 Å². The van der Waals surface area contributed by atoms with Crippen LogP contribution in [0.25, 0.3) is 0 Å². The second kappa shape index (κ2) is 5.40. The zero-order chi connectivity index (χ0) is 10.4. The molecule has 0 aliphatic carbocycles. The fourth-order valence-electron chi connectivity index (χ4n) is 1.11. The highest BCUT2D eigenvalue weighted by Crippen LogP contribution is 2.09. The molecule has 0 bridgehead atoms. The molecule has 1 atom stereocenters. The van der Waals surface area contributed by atoms with Crippen LogP contribution < -0.4 is 5.32 Å². The molecule has 0 aromatic heterocycles. The number of hydrogen-bond acceptors (Lipinski definition) is 2. The molecule has 0 saturated carbocycles. The first-order chi connectivity index (χ1) is 6.74. The summed E-state index contributed by atoms with van der Waals surface area (Å²) >= 11 is 0. The molecule has 0 saturated heterocycles. The van der Waals surface area contributed by atoms with E-state index in [0.29, 0.717) is 6.42 Å². The van der Waals surface area contributed by atoms with E-state index in [0.717, 1.165) is 5.69 Å². The number of para-hydroxylation sites is 1. The van der Waals surface area contributed by atoms with Crippen molar-refractivity contribution in [1.82, 2.24) is 0 Å². The van der Waals surface area contributed by atoms with E-state index in [1.54, 1.807) is 6.92 Å². The van der Waals surface area contributed by atoms with Crippen molar-refractivity contribution in [2.75, 3.05) is 11.9 Å². The van der Waals surface area contributed by atoms with Crippen molar-refractivity contribution >= 4 is 11.6 Å². The lowest BCUT2D eigenvalue weighted by Gasteiger charge is -2.10. The molecule has 14 heavy (non-hydrogen) atoms. The van der Waals surface area contributed by atoms with Gasteiger partial charge in [0.2, 0.25) is 5.91 Å². The maximum absolute atomic E-state index is 11.5. The minimum Gasteiger partial charge on any atom is -0.396 e. The fourth-order valence-corrected chi connectivity index (χ4v) is 1.11. The number of nitrogens with one attached hydrogen (secondary N) is 1. The van der Waals surface area contributed by atoms with Crippen molar-refractivity contribution in [3.63, 3.8) is 0 Å². The van der Waals surface area contributed by atoms with Crippen molar-refractivity contribution in [2.24, 2.45) is 5.92 Å². The van der Waals surface area contributed by atoms with Crippen molar-refractivity contribution in [3.05, 3.63) is 30.3 Å². The van der Waals surface area contributed by atoms with Gasteiger partial charge in [0.25, 0.3) is 0 Å². The van der Waals surface area contributed by atoms with E-state index in [1.807, 2.05) is 30.3 Å². The summed E-state index contributed by atoms with van der Waals surface area (Å²) in [5.74, 6) is -0.203. The van der Waals surface area contributed by atoms with E-state index in [4.69, 9.17) is 5.11 Å². The predicted molar refractivity (Wildman–Crippen MR) is 55.9 cm³/mol. The summed E-state index contributed by atoms with van der Waals surface area (Å²) in [6, 6.07) is 9.30. The standard InChI is InChI=1S/C11H15NO2/c1-9(7-8-13)11(14)12-10-5-3-2-4-6-10/h2-6,9,13H,7-8H2,1H3,(H,12,14). The van der Waals surface area contributed by atoms with Crippen molar-refractivity contribution in [1.29, 1.82) is 0 Å². The monoisotopic (exact) mass is 193 g/mol. The van der Waals surface area contributed by atoms with E-state index in [-0.39, 0.29) is 18.4 Å². The van der Waals surface area contributed by atoms with Gasteiger partial charge in [0.05, 0.1) is 0 Å². The molecule has 1 aromatic rings. The lowest BCUT2D eigenvalue weighted by atomic mass is 10.1. The van der Waals surface area contributed by atoms with Gasteiger partial charge in [0.1, 0.15) is 0 Å². The van der Waals surface area contributed by atoms with Gasteiger partial charge in [0, 0.05) is 18.2 Å². The van der Waals surface area contributed by atoms with Crippen LogP contribution in [0.1, 0.15) is 13.3 Å². The minimum atomic E-state index is -0.153. The molecule has 0 aliphatic rings. The Kier molecular flexibility index (Phi) is 4.13. The van der Waals surface area contributed by atoms with Gasteiger partial charge in [-0.15, -0.1) is 0 Å². The van der Waals surface area contributed by atoms with Gasteiger partial charge >= 0.3 is 0 Å². The smallest absolute Gasteiger partial charge is 0.227 e.